The number of aromatic nitrogens is 2. The van der Waals surface area contributed by atoms with E-state index >= 15 is 0 Å². The van der Waals surface area contributed by atoms with E-state index in [9.17, 15) is 0 Å². The summed E-state index contributed by atoms with van der Waals surface area (Å²) in [5, 5.41) is 0. The number of nitrogens with zero attached hydrogens (tertiary/aromatic N) is 2. The Balaban J connectivity index is 1.91. The molecule has 2 heterocycles. The van der Waals surface area contributed by atoms with Gasteiger partial charge in [-0.3, -0.25) is 0 Å². The van der Waals surface area contributed by atoms with Crippen molar-refractivity contribution in [2.75, 3.05) is 18.9 Å². The van der Waals surface area contributed by atoms with Gasteiger partial charge in [0.15, 0.2) is 0 Å². The van der Waals surface area contributed by atoms with E-state index in [1.165, 1.54) is 4.88 Å². The number of aryl methyl sites for hydroxylation is 1. The predicted octanol–water partition coefficient (Wildman–Crippen LogP) is 2.84. The Kier molecular flexibility index (Phi) is 5.17. The lowest BCUT2D eigenvalue weighted by atomic mass is 10.3. The minimum Gasteiger partial charge on any atom is -0.477 e. The molecule has 0 aliphatic heterocycles. The van der Waals surface area contributed by atoms with Crippen LogP contribution in [-0.4, -0.2) is 23.2 Å². The quantitative estimate of drug-likeness (QED) is 0.850. The zero-order chi connectivity index (χ0) is 14.4. The van der Waals surface area contributed by atoms with Crippen molar-refractivity contribution in [1.29, 1.82) is 0 Å². The van der Waals surface area contributed by atoms with Gasteiger partial charge in [0, 0.05) is 17.4 Å². The molecule has 2 N–H and O–H groups in total. The topological polar surface area (TPSA) is 70.3 Å². The number of thiazole rings is 1. The summed E-state index contributed by atoms with van der Waals surface area (Å²) in [6.07, 6.45) is 1.74. The first-order valence-corrected chi connectivity index (χ1v) is 7.49. The van der Waals surface area contributed by atoms with Crippen LogP contribution < -0.4 is 15.2 Å². The van der Waals surface area contributed by atoms with Gasteiger partial charge in [0.25, 0.3) is 0 Å². The van der Waals surface area contributed by atoms with Crippen molar-refractivity contribution in [2.45, 2.75) is 26.7 Å². The first-order valence-electron chi connectivity index (χ1n) is 6.61. The van der Waals surface area contributed by atoms with Crippen LogP contribution >= 0.6 is 11.3 Å². The van der Waals surface area contributed by atoms with E-state index < -0.39 is 0 Å². The average molecular weight is 293 g/mol. The lowest BCUT2D eigenvalue weighted by Crippen LogP contribution is -2.05. The predicted molar refractivity (Wildman–Crippen MR) is 80.5 cm³/mol. The van der Waals surface area contributed by atoms with Gasteiger partial charge in [-0.15, -0.1) is 11.3 Å². The largest absolute Gasteiger partial charge is 0.477 e. The molecular weight excluding hydrogens is 274 g/mol. The van der Waals surface area contributed by atoms with Gasteiger partial charge in [0.1, 0.15) is 0 Å². The standard InChI is InChI=1S/C14H19N3O2S/c1-3-7-19-14-11(15)4-5-13(17-14)18-8-6-12-10(2)16-9-20-12/h4-5,9H,3,6-8,15H2,1-2H3. The fourth-order valence-corrected chi connectivity index (χ4v) is 2.41. The summed E-state index contributed by atoms with van der Waals surface area (Å²) in [6, 6.07) is 3.51. The van der Waals surface area contributed by atoms with E-state index in [4.69, 9.17) is 15.2 Å². The molecule has 2 aromatic heterocycles. The fraction of sp³-hybridized carbons (Fsp3) is 0.429. The SMILES string of the molecule is CCCOc1nc(OCCc2scnc2C)ccc1N. The molecule has 0 amide bonds. The number of anilines is 1. The Morgan fingerprint density at radius 3 is 2.80 bits per heavy atom. The van der Waals surface area contributed by atoms with Crippen LogP contribution in [0.2, 0.25) is 0 Å². The molecule has 0 aliphatic carbocycles. The molecule has 0 aromatic carbocycles. The number of ether oxygens (including phenoxy) is 2. The molecule has 2 aromatic rings. The van der Waals surface area contributed by atoms with Crippen LogP contribution in [0.25, 0.3) is 0 Å². The first kappa shape index (κ1) is 14.6. The van der Waals surface area contributed by atoms with E-state index in [0.29, 0.717) is 30.7 Å². The summed E-state index contributed by atoms with van der Waals surface area (Å²) in [7, 11) is 0. The van der Waals surface area contributed by atoms with E-state index in [1.54, 1.807) is 23.5 Å². The number of nitrogen functional groups attached to an aromatic ring is 1. The van der Waals surface area contributed by atoms with Gasteiger partial charge in [-0.1, -0.05) is 6.92 Å². The van der Waals surface area contributed by atoms with Crippen molar-refractivity contribution in [1.82, 2.24) is 9.97 Å². The van der Waals surface area contributed by atoms with Crippen molar-refractivity contribution < 1.29 is 9.47 Å². The monoisotopic (exact) mass is 293 g/mol. The second-order valence-corrected chi connectivity index (χ2v) is 5.29. The third-order valence-electron chi connectivity index (χ3n) is 2.73. The van der Waals surface area contributed by atoms with Gasteiger partial charge < -0.3 is 15.2 Å². The highest BCUT2D eigenvalue weighted by atomic mass is 32.1. The van der Waals surface area contributed by atoms with Crippen molar-refractivity contribution in [3.05, 3.63) is 28.2 Å². The molecule has 0 unspecified atom stereocenters. The van der Waals surface area contributed by atoms with Crippen LogP contribution in [0, 0.1) is 6.92 Å². The molecule has 0 radical (unpaired) electrons. The van der Waals surface area contributed by atoms with E-state index in [-0.39, 0.29) is 0 Å². The normalized spacial score (nSPS) is 10.5. The van der Waals surface area contributed by atoms with Gasteiger partial charge in [0.05, 0.1) is 30.1 Å². The van der Waals surface area contributed by atoms with E-state index in [1.807, 2.05) is 19.4 Å². The van der Waals surface area contributed by atoms with Crippen LogP contribution in [-0.2, 0) is 6.42 Å². The molecule has 108 valence electrons. The van der Waals surface area contributed by atoms with E-state index in [2.05, 4.69) is 9.97 Å². The lowest BCUT2D eigenvalue weighted by molar-refractivity contribution is 0.283. The minimum atomic E-state index is 0.443. The summed E-state index contributed by atoms with van der Waals surface area (Å²) in [6.45, 7) is 5.20. The third-order valence-corrected chi connectivity index (χ3v) is 3.73. The zero-order valence-corrected chi connectivity index (χ0v) is 12.6. The molecule has 5 nitrogen and oxygen atoms in total. The molecule has 0 aliphatic rings. The van der Waals surface area contributed by atoms with Crippen molar-refractivity contribution in [3.8, 4) is 11.8 Å². The highest BCUT2D eigenvalue weighted by molar-refractivity contribution is 7.09. The second kappa shape index (κ2) is 7.09. The van der Waals surface area contributed by atoms with Crippen molar-refractivity contribution in [3.63, 3.8) is 0 Å². The Morgan fingerprint density at radius 2 is 2.10 bits per heavy atom. The highest BCUT2D eigenvalue weighted by Gasteiger charge is 2.06. The minimum absolute atomic E-state index is 0.443. The van der Waals surface area contributed by atoms with Gasteiger partial charge in [-0.2, -0.15) is 4.98 Å². The van der Waals surface area contributed by atoms with Crippen molar-refractivity contribution in [2.24, 2.45) is 0 Å². The fourth-order valence-electron chi connectivity index (χ4n) is 1.64. The van der Waals surface area contributed by atoms with Crippen LogP contribution in [0.4, 0.5) is 5.69 Å². The van der Waals surface area contributed by atoms with Crippen molar-refractivity contribution >= 4 is 17.0 Å². The number of hydrogen-bond donors (Lipinski definition) is 1. The Morgan fingerprint density at radius 1 is 1.25 bits per heavy atom. The summed E-state index contributed by atoms with van der Waals surface area (Å²) < 4.78 is 11.1. The summed E-state index contributed by atoms with van der Waals surface area (Å²) in [5.74, 6) is 0.978. The summed E-state index contributed by atoms with van der Waals surface area (Å²) in [5.41, 5.74) is 9.25. The molecule has 0 bridgehead atoms. The van der Waals surface area contributed by atoms with Crippen LogP contribution in [0.3, 0.4) is 0 Å². The molecule has 0 saturated carbocycles. The number of nitrogens with two attached hydrogens (primary N) is 1. The Labute approximate surface area is 122 Å². The van der Waals surface area contributed by atoms with Gasteiger partial charge >= 0.3 is 0 Å². The maximum absolute atomic E-state index is 5.81. The van der Waals surface area contributed by atoms with E-state index in [0.717, 1.165) is 18.5 Å². The molecular formula is C14H19N3O2S. The molecule has 0 atom stereocenters. The third kappa shape index (κ3) is 3.84. The van der Waals surface area contributed by atoms with Crippen LogP contribution in [0.1, 0.15) is 23.9 Å². The van der Waals surface area contributed by atoms with Gasteiger partial charge in [0.2, 0.25) is 11.8 Å². The maximum Gasteiger partial charge on any atom is 0.240 e. The molecule has 6 heteroatoms. The first-order chi connectivity index (χ1) is 9.70. The molecule has 0 saturated heterocycles. The summed E-state index contributed by atoms with van der Waals surface area (Å²) >= 11 is 1.65. The summed E-state index contributed by atoms with van der Waals surface area (Å²) in [4.78, 5) is 9.72. The average Bonchev–Trinajstić information content (AvgIpc) is 2.85. The molecule has 2 rings (SSSR count). The van der Waals surface area contributed by atoms with Gasteiger partial charge in [-0.25, -0.2) is 4.98 Å². The Bertz CT molecular complexity index is 557. The Hall–Kier alpha value is -1.82. The molecule has 20 heavy (non-hydrogen) atoms. The molecule has 0 spiro atoms. The number of pyridine rings is 1. The highest BCUT2D eigenvalue weighted by Crippen LogP contribution is 2.22. The van der Waals surface area contributed by atoms with Crippen LogP contribution in [0.15, 0.2) is 17.6 Å². The lowest BCUT2D eigenvalue weighted by Gasteiger charge is -2.09. The van der Waals surface area contributed by atoms with Gasteiger partial charge in [-0.05, 0) is 19.4 Å². The maximum atomic E-state index is 5.81. The smallest absolute Gasteiger partial charge is 0.240 e. The zero-order valence-electron chi connectivity index (χ0n) is 11.8. The number of rotatable bonds is 7. The second-order valence-electron chi connectivity index (χ2n) is 4.35. The van der Waals surface area contributed by atoms with Crippen LogP contribution in [0.5, 0.6) is 11.8 Å². The number of hydrogen-bond acceptors (Lipinski definition) is 6. The molecule has 0 fully saturated rings.